The molecule has 1 aromatic carbocycles. The third-order valence-corrected chi connectivity index (χ3v) is 2.68. The van der Waals surface area contributed by atoms with Crippen molar-refractivity contribution < 1.29 is 14.6 Å². The molecule has 2 amide bonds. The summed E-state index contributed by atoms with van der Waals surface area (Å²) in [6, 6.07) is 6.78. The second-order valence-electron chi connectivity index (χ2n) is 5.20. The van der Waals surface area contributed by atoms with Gasteiger partial charge in [-0.15, -0.1) is 0 Å². The molecular weight excluding hydrogens is 280 g/mol. The summed E-state index contributed by atoms with van der Waals surface area (Å²) in [5.41, 5.74) is -0.911. The molecule has 0 saturated carbocycles. The van der Waals surface area contributed by atoms with Crippen LogP contribution in [-0.4, -0.2) is 48.4 Å². The van der Waals surface area contributed by atoms with Gasteiger partial charge < -0.3 is 20.1 Å². The highest BCUT2D eigenvalue weighted by atomic mass is 35.5. The van der Waals surface area contributed by atoms with E-state index in [1.54, 1.807) is 45.2 Å². The molecule has 0 atom stereocenters. The fraction of sp³-hybridized carbons (Fsp3) is 0.500. The van der Waals surface area contributed by atoms with Crippen LogP contribution in [0.5, 0.6) is 5.75 Å². The van der Waals surface area contributed by atoms with Crippen LogP contribution >= 0.6 is 11.6 Å². The minimum absolute atomic E-state index is 0.244. The van der Waals surface area contributed by atoms with Gasteiger partial charge in [0.25, 0.3) is 0 Å². The standard InChI is InChI=1S/C14H21ClN2O3/c1-14(2,19)10-17(3)13(18)16-8-9-20-12-6-4-11(15)5-7-12/h4-7,19H,8-10H2,1-3H3,(H,16,18). The largest absolute Gasteiger partial charge is 0.492 e. The molecule has 0 fully saturated rings. The molecule has 1 aromatic rings. The summed E-state index contributed by atoms with van der Waals surface area (Å²) in [5.74, 6) is 0.702. The Morgan fingerprint density at radius 2 is 2.00 bits per heavy atom. The van der Waals surface area contributed by atoms with Gasteiger partial charge in [0, 0.05) is 12.1 Å². The first-order chi connectivity index (χ1) is 9.28. The van der Waals surface area contributed by atoms with E-state index in [0.717, 1.165) is 0 Å². The highest BCUT2D eigenvalue weighted by molar-refractivity contribution is 6.30. The topological polar surface area (TPSA) is 61.8 Å². The number of hydrogen-bond donors (Lipinski definition) is 2. The molecule has 5 nitrogen and oxygen atoms in total. The predicted molar refractivity (Wildman–Crippen MR) is 79.3 cm³/mol. The minimum Gasteiger partial charge on any atom is -0.492 e. The number of hydrogen-bond acceptors (Lipinski definition) is 3. The van der Waals surface area contributed by atoms with E-state index in [4.69, 9.17) is 16.3 Å². The van der Waals surface area contributed by atoms with Gasteiger partial charge in [0.05, 0.1) is 18.7 Å². The lowest BCUT2D eigenvalue weighted by molar-refractivity contribution is 0.0531. The molecule has 112 valence electrons. The van der Waals surface area contributed by atoms with Crippen molar-refractivity contribution in [1.29, 1.82) is 0 Å². The zero-order chi connectivity index (χ0) is 15.2. The Hall–Kier alpha value is -1.46. The third-order valence-electron chi connectivity index (χ3n) is 2.43. The average Bonchev–Trinajstić information content (AvgIpc) is 2.34. The first-order valence-electron chi connectivity index (χ1n) is 6.38. The van der Waals surface area contributed by atoms with Crippen molar-refractivity contribution >= 4 is 17.6 Å². The third kappa shape index (κ3) is 6.63. The molecule has 0 radical (unpaired) electrons. The second-order valence-corrected chi connectivity index (χ2v) is 5.64. The van der Waals surface area contributed by atoms with Gasteiger partial charge in [0.1, 0.15) is 12.4 Å². The minimum atomic E-state index is -0.911. The number of urea groups is 1. The van der Waals surface area contributed by atoms with Gasteiger partial charge in [0.15, 0.2) is 0 Å². The van der Waals surface area contributed by atoms with E-state index in [-0.39, 0.29) is 12.6 Å². The monoisotopic (exact) mass is 300 g/mol. The van der Waals surface area contributed by atoms with Crippen LogP contribution in [0.25, 0.3) is 0 Å². The molecule has 0 aliphatic rings. The second kappa shape index (κ2) is 7.36. The van der Waals surface area contributed by atoms with Gasteiger partial charge in [0.2, 0.25) is 0 Å². The number of aliphatic hydroxyl groups is 1. The SMILES string of the molecule is CN(CC(C)(C)O)C(=O)NCCOc1ccc(Cl)cc1. The summed E-state index contributed by atoms with van der Waals surface area (Å²) in [6.07, 6.45) is 0. The molecule has 0 unspecified atom stereocenters. The van der Waals surface area contributed by atoms with Crippen LogP contribution in [0, 0.1) is 0 Å². The van der Waals surface area contributed by atoms with Crippen molar-refractivity contribution in [2.75, 3.05) is 26.7 Å². The highest BCUT2D eigenvalue weighted by Crippen LogP contribution is 2.15. The first kappa shape index (κ1) is 16.6. The van der Waals surface area contributed by atoms with Gasteiger partial charge in [-0.1, -0.05) is 11.6 Å². The molecule has 0 saturated heterocycles. The van der Waals surface area contributed by atoms with Gasteiger partial charge in [-0.3, -0.25) is 0 Å². The van der Waals surface area contributed by atoms with Crippen LogP contribution < -0.4 is 10.1 Å². The summed E-state index contributed by atoms with van der Waals surface area (Å²) < 4.78 is 5.45. The van der Waals surface area contributed by atoms with Crippen LogP contribution in [0.15, 0.2) is 24.3 Å². The number of ether oxygens (including phenoxy) is 1. The number of nitrogens with zero attached hydrogens (tertiary/aromatic N) is 1. The highest BCUT2D eigenvalue weighted by Gasteiger charge is 2.18. The van der Waals surface area contributed by atoms with E-state index in [1.165, 1.54) is 4.90 Å². The summed E-state index contributed by atoms with van der Waals surface area (Å²) in [5, 5.41) is 13.0. The molecule has 0 aromatic heterocycles. The fourth-order valence-electron chi connectivity index (χ4n) is 1.64. The molecule has 0 spiro atoms. The Labute approximate surface area is 124 Å². The molecular formula is C14H21ClN2O3. The van der Waals surface area contributed by atoms with Crippen molar-refractivity contribution in [1.82, 2.24) is 10.2 Å². The first-order valence-corrected chi connectivity index (χ1v) is 6.75. The van der Waals surface area contributed by atoms with E-state index in [0.29, 0.717) is 23.9 Å². The molecule has 0 aliphatic carbocycles. The van der Waals surface area contributed by atoms with Crippen LogP contribution in [0.1, 0.15) is 13.8 Å². The van der Waals surface area contributed by atoms with E-state index in [1.807, 2.05) is 0 Å². The van der Waals surface area contributed by atoms with Crippen LogP contribution in [-0.2, 0) is 0 Å². The number of nitrogens with one attached hydrogen (secondary N) is 1. The Bertz CT molecular complexity index is 429. The molecule has 1 rings (SSSR count). The van der Waals surface area contributed by atoms with Gasteiger partial charge in [-0.25, -0.2) is 4.79 Å². The van der Waals surface area contributed by atoms with Crippen LogP contribution in [0.2, 0.25) is 5.02 Å². The lowest BCUT2D eigenvalue weighted by Crippen LogP contribution is -2.45. The number of carbonyl (C=O) groups is 1. The Morgan fingerprint density at radius 3 is 2.55 bits per heavy atom. The summed E-state index contributed by atoms with van der Waals surface area (Å²) in [6.45, 7) is 4.32. The van der Waals surface area contributed by atoms with Gasteiger partial charge in [-0.2, -0.15) is 0 Å². The molecule has 0 heterocycles. The van der Waals surface area contributed by atoms with Crippen molar-refractivity contribution in [3.63, 3.8) is 0 Å². The number of amides is 2. The van der Waals surface area contributed by atoms with Gasteiger partial charge in [-0.05, 0) is 38.1 Å². The van der Waals surface area contributed by atoms with Gasteiger partial charge >= 0.3 is 6.03 Å². The van der Waals surface area contributed by atoms with Crippen LogP contribution in [0.3, 0.4) is 0 Å². The zero-order valence-corrected chi connectivity index (χ0v) is 12.8. The number of rotatable bonds is 6. The molecule has 20 heavy (non-hydrogen) atoms. The van der Waals surface area contributed by atoms with Crippen molar-refractivity contribution in [3.8, 4) is 5.75 Å². The summed E-state index contributed by atoms with van der Waals surface area (Å²) in [4.78, 5) is 13.1. The van der Waals surface area contributed by atoms with Crippen LogP contribution in [0.4, 0.5) is 4.79 Å². The van der Waals surface area contributed by atoms with Crippen molar-refractivity contribution in [2.45, 2.75) is 19.4 Å². The lowest BCUT2D eigenvalue weighted by atomic mass is 10.1. The zero-order valence-electron chi connectivity index (χ0n) is 12.0. The number of carbonyl (C=O) groups excluding carboxylic acids is 1. The quantitative estimate of drug-likeness (QED) is 0.791. The van der Waals surface area contributed by atoms with E-state index < -0.39 is 5.60 Å². The van der Waals surface area contributed by atoms with Crippen molar-refractivity contribution in [2.24, 2.45) is 0 Å². The Kier molecular flexibility index (Phi) is 6.10. The van der Waals surface area contributed by atoms with E-state index in [2.05, 4.69) is 5.32 Å². The van der Waals surface area contributed by atoms with E-state index in [9.17, 15) is 9.90 Å². The van der Waals surface area contributed by atoms with Crippen molar-refractivity contribution in [3.05, 3.63) is 29.3 Å². The normalized spacial score (nSPS) is 11.1. The number of halogens is 1. The predicted octanol–water partition coefficient (Wildman–Crippen LogP) is 2.13. The smallest absolute Gasteiger partial charge is 0.317 e. The maximum atomic E-state index is 11.7. The average molecular weight is 301 g/mol. The fourth-order valence-corrected chi connectivity index (χ4v) is 1.77. The Balaban J connectivity index is 2.23. The molecule has 0 aliphatic heterocycles. The number of likely N-dealkylation sites (N-methyl/N-ethyl adjacent to an activating group) is 1. The Morgan fingerprint density at radius 1 is 1.40 bits per heavy atom. The molecule has 2 N–H and O–H groups in total. The van der Waals surface area contributed by atoms with E-state index >= 15 is 0 Å². The summed E-state index contributed by atoms with van der Waals surface area (Å²) >= 11 is 5.76. The maximum Gasteiger partial charge on any atom is 0.317 e. The molecule has 0 bridgehead atoms. The number of benzene rings is 1. The maximum absolute atomic E-state index is 11.7. The lowest BCUT2D eigenvalue weighted by Gasteiger charge is -2.25. The molecule has 6 heteroatoms. The summed E-state index contributed by atoms with van der Waals surface area (Å²) in [7, 11) is 1.63.